The number of alkyl carbamates (subject to hydrolysis) is 1. The standard InChI is InChI=1S/C43H58N4O9S2/c1-6-46-36-24-22-32(57(50,51)52)29-34(36)42(2,3)38(46)19-15-20-39-43(4,5)35-30-33(58(53,54)55)23-25-37(35)47(39)28-14-10-13-21-40(48)44-26-16-27-45-41(49)56-31-17-11-8-7-9-12-18-31/h8,11,15,19-20,22-25,29-31H,6-7,9-10,12-14,16-18,21,26-28H2,1-5H3,(H3-,44,45,48,49,50,51,52,53,54,55)/p+1/b11-8-. The monoisotopic (exact) mass is 839 g/mol. The van der Waals surface area contributed by atoms with Gasteiger partial charge in [-0.15, -0.1) is 0 Å². The highest BCUT2D eigenvalue weighted by atomic mass is 32.2. The molecule has 3 aliphatic rings. The molecular weight excluding hydrogens is 781 g/mol. The largest absolute Gasteiger partial charge is 0.446 e. The van der Waals surface area contributed by atoms with E-state index in [9.17, 15) is 35.5 Å². The molecule has 0 bridgehead atoms. The van der Waals surface area contributed by atoms with Crippen LogP contribution in [0.3, 0.4) is 0 Å². The van der Waals surface area contributed by atoms with Gasteiger partial charge in [-0.1, -0.05) is 32.1 Å². The summed E-state index contributed by atoms with van der Waals surface area (Å²) in [7, 11) is -8.81. The number of benzene rings is 2. The summed E-state index contributed by atoms with van der Waals surface area (Å²) < 4.78 is 75.5. The predicted octanol–water partition coefficient (Wildman–Crippen LogP) is 7.50. The molecule has 2 aromatic carbocycles. The Morgan fingerprint density at radius 2 is 1.57 bits per heavy atom. The maximum absolute atomic E-state index is 12.6. The van der Waals surface area contributed by atoms with Crippen molar-refractivity contribution < 1.29 is 44.8 Å². The molecule has 0 saturated heterocycles. The zero-order valence-corrected chi connectivity index (χ0v) is 35.9. The van der Waals surface area contributed by atoms with Gasteiger partial charge in [-0.2, -0.15) is 21.4 Å². The summed E-state index contributed by atoms with van der Waals surface area (Å²) in [6, 6.07) is 9.30. The second-order valence-corrected chi connectivity index (χ2v) is 19.1. The van der Waals surface area contributed by atoms with Gasteiger partial charge >= 0.3 is 6.09 Å². The van der Waals surface area contributed by atoms with Gasteiger partial charge in [0, 0.05) is 73.4 Å². The predicted molar refractivity (Wildman–Crippen MR) is 225 cm³/mol. The molecule has 1 aliphatic carbocycles. The van der Waals surface area contributed by atoms with Crippen LogP contribution in [0.2, 0.25) is 0 Å². The van der Waals surface area contributed by atoms with Crippen LogP contribution in [0.1, 0.15) is 110 Å². The Hall–Kier alpha value is -4.31. The summed E-state index contributed by atoms with van der Waals surface area (Å²) >= 11 is 0. The molecule has 0 radical (unpaired) electrons. The molecule has 2 amide bonds. The Bertz CT molecular complexity index is 2210. The van der Waals surface area contributed by atoms with E-state index in [0.29, 0.717) is 45.4 Å². The molecule has 0 saturated carbocycles. The molecule has 13 nitrogen and oxygen atoms in total. The first-order valence-corrected chi connectivity index (χ1v) is 23.1. The number of carbonyl (C=O) groups excluding carboxylic acids is 2. The van der Waals surface area contributed by atoms with E-state index in [1.807, 2.05) is 52.8 Å². The second-order valence-electron chi connectivity index (χ2n) is 16.2. The second kappa shape index (κ2) is 18.7. The first kappa shape index (κ1) is 44.8. The van der Waals surface area contributed by atoms with Crippen molar-refractivity contribution in [2.45, 2.75) is 126 Å². The van der Waals surface area contributed by atoms with E-state index in [0.717, 1.165) is 78.9 Å². The Morgan fingerprint density at radius 3 is 2.28 bits per heavy atom. The van der Waals surface area contributed by atoms with Crippen molar-refractivity contribution in [2.24, 2.45) is 0 Å². The van der Waals surface area contributed by atoms with Gasteiger partial charge in [0.1, 0.15) is 12.6 Å². The lowest BCUT2D eigenvalue weighted by Gasteiger charge is -2.25. The topological polar surface area (TPSA) is 182 Å². The summed E-state index contributed by atoms with van der Waals surface area (Å²) in [5.74, 6) is -0.0511. The van der Waals surface area contributed by atoms with Crippen LogP contribution in [-0.2, 0) is 40.6 Å². The fraction of sp³-hybridized carbons (Fsp3) is 0.512. The average Bonchev–Trinajstić information content (AvgIpc) is 3.49. The van der Waals surface area contributed by atoms with Crippen LogP contribution in [0, 0.1) is 0 Å². The number of allylic oxidation sites excluding steroid dienone is 5. The molecule has 4 N–H and O–H groups in total. The third kappa shape index (κ3) is 10.6. The summed E-state index contributed by atoms with van der Waals surface area (Å²) in [6.45, 7) is 12.1. The normalized spacial score (nSPS) is 20.1. The van der Waals surface area contributed by atoms with Crippen LogP contribution in [0.4, 0.5) is 16.2 Å². The van der Waals surface area contributed by atoms with Gasteiger partial charge in [-0.05, 0) is 108 Å². The zero-order valence-electron chi connectivity index (χ0n) is 34.3. The quantitative estimate of drug-likeness (QED) is 0.0572. The fourth-order valence-electron chi connectivity index (χ4n) is 8.19. The summed E-state index contributed by atoms with van der Waals surface area (Å²) in [5, 5.41) is 5.70. The average molecular weight is 840 g/mol. The van der Waals surface area contributed by atoms with E-state index in [-0.39, 0.29) is 21.8 Å². The van der Waals surface area contributed by atoms with Crippen LogP contribution in [0.15, 0.2) is 82.3 Å². The highest BCUT2D eigenvalue weighted by molar-refractivity contribution is 7.86. The number of rotatable bonds is 16. The Morgan fingerprint density at radius 1 is 0.879 bits per heavy atom. The molecule has 58 heavy (non-hydrogen) atoms. The number of unbranched alkanes of at least 4 members (excludes halogenated alkanes) is 2. The number of hydrogen-bond donors (Lipinski definition) is 4. The van der Waals surface area contributed by atoms with Crippen molar-refractivity contribution in [3.05, 3.63) is 83.6 Å². The van der Waals surface area contributed by atoms with Gasteiger partial charge in [0.05, 0.1) is 15.2 Å². The van der Waals surface area contributed by atoms with Crippen LogP contribution in [0.25, 0.3) is 0 Å². The van der Waals surface area contributed by atoms with Gasteiger partial charge in [0.25, 0.3) is 20.2 Å². The number of ether oxygens (including phenoxy) is 1. The van der Waals surface area contributed by atoms with Crippen molar-refractivity contribution in [1.82, 2.24) is 10.6 Å². The third-order valence-corrected chi connectivity index (χ3v) is 13.1. The SMILES string of the molecule is CCN1/C(=C/C=C/C2=[N+](CCCCCC(=O)NCCCNC(=O)OC3C/C=C\CCCC3)c3ccc(S(=O)(=O)O)cc3C2(C)C)C(C)(C)c2cc(S(=O)(=O)O)ccc21. The molecular formula is C43H59N4O9S2+. The summed E-state index contributed by atoms with van der Waals surface area (Å²) in [6.07, 6.45) is 17.6. The molecule has 316 valence electrons. The van der Waals surface area contributed by atoms with Crippen LogP contribution < -0.4 is 15.5 Å². The van der Waals surface area contributed by atoms with Crippen molar-refractivity contribution in [3.8, 4) is 0 Å². The van der Waals surface area contributed by atoms with E-state index in [4.69, 9.17) is 4.74 Å². The van der Waals surface area contributed by atoms with E-state index in [1.165, 1.54) is 24.3 Å². The smallest absolute Gasteiger partial charge is 0.407 e. The molecule has 2 aliphatic heterocycles. The molecule has 5 rings (SSSR count). The number of anilines is 1. The van der Waals surface area contributed by atoms with Gasteiger partial charge < -0.3 is 20.3 Å². The molecule has 0 spiro atoms. The number of nitrogens with one attached hydrogen (secondary N) is 2. The Balaban J connectivity index is 1.21. The molecule has 2 aromatic rings. The first-order valence-electron chi connectivity index (χ1n) is 20.3. The van der Waals surface area contributed by atoms with Gasteiger partial charge in [0.15, 0.2) is 5.71 Å². The third-order valence-electron chi connectivity index (χ3n) is 11.4. The molecule has 1 atom stereocenters. The maximum atomic E-state index is 12.6. The number of carbonyl (C=O) groups is 2. The number of hydrogen-bond acceptors (Lipinski definition) is 8. The zero-order chi connectivity index (χ0) is 42.3. The number of likely N-dealkylation sites (N-methyl/N-ethyl adjacent to an activating group) is 1. The number of nitrogens with zero attached hydrogens (tertiary/aromatic N) is 2. The van der Waals surface area contributed by atoms with E-state index in [2.05, 4.69) is 32.3 Å². The Kier molecular flexibility index (Phi) is 14.5. The molecule has 0 fully saturated rings. The summed E-state index contributed by atoms with van der Waals surface area (Å²) in [4.78, 5) is 26.6. The van der Waals surface area contributed by atoms with Gasteiger partial charge in [-0.3, -0.25) is 13.9 Å². The fourth-order valence-corrected chi connectivity index (χ4v) is 9.20. The molecule has 1 unspecified atom stereocenters. The van der Waals surface area contributed by atoms with Crippen molar-refractivity contribution in [3.63, 3.8) is 0 Å². The highest BCUT2D eigenvalue weighted by Gasteiger charge is 2.45. The van der Waals surface area contributed by atoms with E-state index >= 15 is 0 Å². The first-order chi connectivity index (χ1) is 27.4. The number of fused-ring (bicyclic) bond motifs is 2. The summed E-state index contributed by atoms with van der Waals surface area (Å²) in [5.41, 5.74) is 3.89. The highest BCUT2D eigenvalue weighted by Crippen LogP contribution is 2.48. The molecule has 15 heteroatoms. The lowest BCUT2D eigenvalue weighted by molar-refractivity contribution is -0.438. The van der Waals surface area contributed by atoms with Crippen molar-refractivity contribution in [2.75, 3.05) is 31.1 Å². The van der Waals surface area contributed by atoms with Gasteiger partial charge in [0.2, 0.25) is 11.6 Å². The van der Waals surface area contributed by atoms with Crippen LogP contribution >= 0.6 is 0 Å². The van der Waals surface area contributed by atoms with Crippen LogP contribution in [-0.4, -0.2) is 80.5 Å². The Labute approximate surface area is 343 Å². The minimum absolute atomic E-state index is 0.0511. The molecule has 2 heterocycles. The lowest BCUT2D eigenvalue weighted by Crippen LogP contribution is -2.32. The number of amides is 2. The lowest BCUT2D eigenvalue weighted by atomic mass is 9.81. The van der Waals surface area contributed by atoms with Crippen molar-refractivity contribution in [1.29, 1.82) is 0 Å². The van der Waals surface area contributed by atoms with Crippen LogP contribution in [0.5, 0.6) is 0 Å². The van der Waals surface area contributed by atoms with Crippen molar-refractivity contribution >= 4 is 49.3 Å². The van der Waals surface area contributed by atoms with E-state index < -0.39 is 37.2 Å². The van der Waals surface area contributed by atoms with Gasteiger partial charge in [-0.25, -0.2) is 4.79 Å². The molecule has 0 aromatic heterocycles. The minimum Gasteiger partial charge on any atom is -0.446 e. The van der Waals surface area contributed by atoms with E-state index in [1.54, 1.807) is 12.1 Å². The minimum atomic E-state index is -4.43. The maximum Gasteiger partial charge on any atom is 0.407 e.